The molecule has 2 rings (SSSR count). The van der Waals surface area contributed by atoms with Crippen molar-refractivity contribution in [3.8, 4) is 0 Å². The maximum absolute atomic E-state index is 11.6. The van der Waals surface area contributed by atoms with Crippen LogP contribution in [0.4, 0.5) is 0 Å². The maximum Gasteiger partial charge on any atom is 0.150 e. The van der Waals surface area contributed by atoms with Crippen LogP contribution in [0.3, 0.4) is 0 Å². The molecule has 0 amide bonds. The monoisotopic (exact) mass is 311 g/mol. The standard InChI is InChI=1S/C16H25NO3S/c1-3-21(18,19)12-6-9-15(17-2)16-14-8-5-4-7-13(14)10-11-20-16/h4-5,7-8,15-17H,3,6,9-12H2,1-2H3. The molecule has 2 atom stereocenters. The molecule has 2 unspecified atom stereocenters. The van der Waals surface area contributed by atoms with Crippen molar-refractivity contribution in [2.24, 2.45) is 0 Å². The number of likely N-dealkylation sites (N-methyl/N-ethyl adjacent to an activating group) is 1. The van der Waals surface area contributed by atoms with Gasteiger partial charge < -0.3 is 10.1 Å². The molecule has 5 heteroatoms. The smallest absolute Gasteiger partial charge is 0.150 e. The van der Waals surface area contributed by atoms with Gasteiger partial charge in [0.25, 0.3) is 0 Å². The van der Waals surface area contributed by atoms with Gasteiger partial charge in [-0.3, -0.25) is 0 Å². The number of rotatable bonds is 7. The van der Waals surface area contributed by atoms with E-state index in [0.29, 0.717) is 6.42 Å². The molecule has 1 aromatic carbocycles. The van der Waals surface area contributed by atoms with Gasteiger partial charge in [-0.15, -0.1) is 0 Å². The molecular formula is C16H25NO3S. The van der Waals surface area contributed by atoms with Crippen LogP contribution in [-0.4, -0.2) is 39.6 Å². The summed E-state index contributed by atoms with van der Waals surface area (Å²) in [4.78, 5) is 0. The van der Waals surface area contributed by atoms with Crippen molar-refractivity contribution in [2.75, 3.05) is 25.2 Å². The Morgan fingerprint density at radius 1 is 1.38 bits per heavy atom. The zero-order chi connectivity index (χ0) is 15.3. The molecule has 4 nitrogen and oxygen atoms in total. The number of ether oxygens (including phenoxy) is 1. The number of hydrogen-bond acceptors (Lipinski definition) is 4. The average Bonchev–Trinajstić information content (AvgIpc) is 2.51. The summed E-state index contributed by atoms with van der Waals surface area (Å²) < 4.78 is 29.1. The topological polar surface area (TPSA) is 55.4 Å². The Balaban J connectivity index is 2.02. The highest BCUT2D eigenvalue weighted by Crippen LogP contribution is 2.31. The molecule has 1 aliphatic rings. The summed E-state index contributed by atoms with van der Waals surface area (Å²) in [5, 5.41) is 3.30. The molecule has 1 N–H and O–H groups in total. The van der Waals surface area contributed by atoms with Gasteiger partial charge in [-0.25, -0.2) is 8.42 Å². The number of hydrogen-bond donors (Lipinski definition) is 1. The minimum Gasteiger partial charge on any atom is -0.372 e. The van der Waals surface area contributed by atoms with Crippen molar-refractivity contribution in [3.05, 3.63) is 35.4 Å². The van der Waals surface area contributed by atoms with E-state index in [2.05, 4.69) is 23.5 Å². The van der Waals surface area contributed by atoms with Gasteiger partial charge in [0.1, 0.15) is 9.84 Å². The molecule has 0 saturated carbocycles. The van der Waals surface area contributed by atoms with Crippen molar-refractivity contribution in [1.29, 1.82) is 0 Å². The van der Waals surface area contributed by atoms with Crippen LogP contribution in [0, 0.1) is 0 Å². The van der Waals surface area contributed by atoms with Gasteiger partial charge in [0.15, 0.2) is 0 Å². The highest BCUT2D eigenvalue weighted by Gasteiger charge is 2.27. The summed E-state index contributed by atoms with van der Waals surface area (Å²) in [6, 6.07) is 8.52. The van der Waals surface area contributed by atoms with Crippen molar-refractivity contribution < 1.29 is 13.2 Å². The van der Waals surface area contributed by atoms with E-state index >= 15 is 0 Å². The van der Waals surface area contributed by atoms with Crippen molar-refractivity contribution >= 4 is 9.84 Å². The van der Waals surface area contributed by atoms with Crippen LogP contribution in [0.1, 0.15) is 37.0 Å². The Labute approximate surface area is 127 Å². The van der Waals surface area contributed by atoms with Gasteiger partial charge >= 0.3 is 0 Å². The Kier molecular flexibility index (Phi) is 5.79. The number of sulfone groups is 1. The van der Waals surface area contributed by atoms with Gasteiger partial charge in [0.2, 0.25) is 0 Å². The summed E-state index contributed by atoms with van der Waals surface area (Å²) in [6.07, 6.45) is 2.44. The normalized spacial score (nSPS) is 20.0. The lowest BCUT2D eigenvalue weighted by atomic mass is 9.91. The summed E-state index contributed by atoms with van der Waals surface area (Å²) in [5.74, 6) is 0.482. The molecule has 1 heterocycles. The van der Waals surface area contributed by atoms with Crippen LogP contribution in [0.2, 0.25) is 0 Å². The van der Waals surface area contributed by atoms with Crippen LogP contribution in [0.5, 0.6) is 0 Å². The van der Waals surface area contributed by atoms with Gasteiger partial charge in [-0.05, 0) is 37.4 Å². The van der Waals surface area contributed by atoms with Gasteiger partial charge in [-0.2, -0.15) is 0 Å². The van der Waals surface area contributed by atoms with Crippen LogP contribution in [0.15, 0.2) is 24.3 Å². The Bertz CT molecular complexity index is 556. The van der Waals surface area contributed by atoms with Gasteiger partial charge in [0, 0.05) is 11.8 Å². The van der Waals surface area contributed by atoms with E-state index in [-0.39, 0.29) is 23.7 Å². The summed E-state index contributed by atoms with van der Waals surface area (Å²) >= 11 is 0. The summed E-state index contributed by atoms with van der Waals surface area (Å²) in [7, 11) is -0.967. The average molecular weight is 311 g/mol. The number of fused-ring (bicyclic) bond motifs is 1. The lowest BCUT2D eigenvalue weighted by Crippen LogP contribution is -2.36. The molecule has 0 bridgehead atoms. The molecular weight excluding hydrogens is 286 g/mol. The minimum absolute atomic E-state index is 0.0179. The van der Waals surface area contributed by atoms with E-state index in [0.717, 1.165) is 19.4 Å². The summed E-state index contributed by atoms with van der Waals surface area (Å²) in [5.41, 5.74) is 2.58. The number of nitrogens with one attached hydrogen (secondary N) is 1. The zero-order valence-corrected chi connectivity index (χ0v) is 13.7. The second kappa shape index (κ2) is 7.38. The third kappa shape index (κ3) is 4.28. The molecule has 118 valence electrons. The third-order valence-corrected chi connectivity index (χ3v) is 5.97. The predicted octanol–water partition coefficient (Wildman–Crippen LogP) is 2.10. The van der Waals surface area contributed by atoms with E-state index < -0.39 is 9.84 Å². The van der Waals surface area contributed by atoms with E-state index in [4.69, 9.17) is 4.74 Å². The third-order valence-electron chi connectivity index (χ3n) is 4.18. The zero-order valence-electron chi connectivity index (χ0n) is 12.8. The first-order valence-corrected chi connectivity index (χ1v) is 9.46. The fraction of sp³-hybridized carbons (Fsp3) is 0.625. The molecule has 1 aromatic rings. The second-order valence-electron chi connectivity index (χ2n) is 5.51. The minimum atomic E-state index is -2.88. The van der Waals surface area contributed by atoms with E-state index in [1.54, 1.807) is 6.92 Å². The molecule has 0 spiro atoms. The molecule has 0 aromatic heterocycles. The molecule has 1 aliphatic heterocycles. The first kappa shape index (κ1) is 16.5. The number of benzene rings is 1. The fourth-order valence-electron chi connectivity index (χ4n) is 2.87. The van der Waals surface area contributed by atoms with Gasteiger partial charge in [-0.1, -0.05) is 31.2 Å². The SMILES string of the molecule is CCS(=O)(=O)CCCC(NC)C1OCCc2ccccc21. The van der Waals surface area contributed by atoms with Crippen molar-refractivity contribution in [3.63, 3.8) is 0 Å². The maximum atomic E-state index is 11.6. The molecule has 0 fully saturated rings. The lowest BCUT2D eigenvalue weighted by molar-refractivity contribution is 0.0150. The lowest BCUT2D eigenvalue weighted by Gasteiger charge is -2.32. The van der Waals surface area contributed by atoms with Crippen molar-refractivity contribution in [2.45, 2.75) is 38.3 Å². The Morgan fingerprint density at radius 3 is 2.86 bits per heavy atom. The first-order chi connectivity index (χ1) is 10.1. The quantitative estimate of drug-likeness (QED) is 0.838. The van der Waals surface area contributed by atoms with Crippen LogP contribution in [0.25, 0.3) is 0 Å². The molecule has 0 radical (unpaired) electrons. The fourth-order valence-corrected chi connectivity index (χ4v) is 3.77. The van der Waals surface area contributed by atoms with Crippen molar-refractivity contribution in [1.82, 2.24) is 5.32 Å². The Hall–Kier alpha value is -0.910. The first-order valence-electron chi connectivity index (χ1n) is 7.64. The van der Waals surface area contributed by atoms with E-state index in [1.165, 1.54) is 11.1 Å². The van der Waals surface area contributed by atoms with Crippen LogP contribution < -0.4 is 5.32 Å². The van der Waals surface area contributed by atoms with E-state index in [1.807, 2.05) is 13.1 Å². The highest BCUT2D eigenvalue weighted by molar-refractivity contribution is 7.91. The predicted molar refractivity (Wildman–Crippen MR) is 85.2 cm³/mol. The second-order valence-corrected chi connectivity index (χ2v) is 7.99. The van der Waals surface area contributed by atoms with Crippen LogP contribution in [-0.2, 0) is 21.0 Å². The van der Waals surface area contributed by atoms with E-state index in [9.17, 15) is 8.42 Å². The highest BCUT2D eigenvalue weighted by atomic mass is 32.2. The largest absolute Gasteiger partial charge is 0.372 e. The van der Waals surface area contributed by atoms with Crippen LogP contribution >= 0.6 is 0 Å². The molecule has 0 aliphatic carbocycles. The molecule has 21 heavy (non-hydrogen) atoms. The Morgan fingerprint density at radius 2 is 2.14 bits per heavy atom. The summed E-state index contributed by atoms with van der Waals surface area (Å²) in [6.45, 7) is 2.43. The molecule has 0 saturated heterocycles. The van der Waals surface area contributed by atoms with Gasteiger partial charge in [0.05, 0.1) is 18.5 Å².